The van der Waals surface area contributed by atoms with Crippen LogP contribution in [0.4, 0.5) is 10.1 Å². The summed E-state index contributed by atoms with van der Waals surface area (Å²) in [5.41, 5.74) is 1.39. The van der Waals surface area contributed by atoms with Crippen LogP contribution in [0.3, 0.4) is 0 Å². The molecule has 2 aromatic rings. The standard InChI is InChI=1S/C16H18FN3O3S/c1-23-15-9-7-14(8-10-15)19-16(20-24(2,21)22)18-11-12-3-5-13(17)6-4-12/h3-10H,11H2,1-2H3,(H2,18,19,20). The Morgan fingerprint density at radius 2 is 1.75 bits per heavy atom. The number of nitrogens with one attached hydrogen (secondary N) is 2. The van der Waals surface area contributed by atoms with E-state index in [1.54, 1.807) is 43.5 Å². The van der Waals surface area contributed by atoms with E-state index in [1.807, 2.05) is 0 Å². The largest absolute Gasteiger partial charge is 0.497 e. The fourth-order valence-electron chi connectivity index (χ4n) is 1.84. The maximum absolute atomic E-state index is 12.9. The van der Waals surface area contributed by atoms with Crippen molar-refractivity contribution < 1.29 is 17.5 Å². The van der Waals surface area contributed by atoms with Gasteiger partial charge in [0, 0.05) is 5.69 Å². The van der Waals surface area contributed by atoms with Gasteiger partial charge in [-0.1, -0.05) is 12.1 Å². The van der Waals surface area contributed by atoms with Gasteiger partial charge in [-0.15, -0.1) is 0 Å². The van der Waals surface area contributed by atoms with Gasteiger partial charge in [-0.05, 0) is 42.0 Å². The van der Waals surface area contributed by atoms with Crippen molar-refractivity contribution in [2.24, 2.45) is 4.99 Å². The van der Waals surface area contributed by atoms with Crippen molar-refractivity contribution in [2.75, 3.05) is 18.7 Å². The molecule has 24 heavy (non-hydrogen) atoms. The van der Waals surface area contributed by atoms with E-state index in [9.17, 15) is 12.8 Å². The Hall–Kier alpha value is -2.61. The molecule has 0 aliphatic rings. The molecule has 2 rings (SSSR count). The zero-order chi connectivity index (χ0) is 17.6. The summed E-state index contributed by atoms with van der Waals surface area (Å²) >= 11 is 0. The highest BCUT2D eigenvalue weighted by atomic mass is 32.2. The van der Waals surface area contributed by atoms with Crippen molar-refractivity contribution in [1.82, 2.24) is 4.72 Å². The van der Waals surface area contributed by atoms with E-state index in [0.29, 0.717) is 11.4 Å². The molecule has 2 N–H and O–H groups in total. The van der Waals surface area contributed by atoms with E-state index in [-0.39, 0.29) is 18.3 Å². The van der Waals surface area contributed by atoms with E-state index in [2.05, 4.69) is 15.0 Å². The van der Waals surface area contributed by atoms with Gasteiger partial charge >= 0.3 is 0 Å². The smallest absolute Gasteiger partial charge is 0.232 e. The van der Waals surface area contributed by atoms with Crippen LogP contribution in [-0.4, -0.2) is 27.7 Å². The number of hydrogen-bond acceptors (Lipinski definition) is 4. The molecule has 128 valence electrons. The van der Waals surface area contributed by atoms with Gasteiger partial charge in [0.2, 0.25) is 16.0 Å². The molecule has 8 heteroatoms. The summed E-state index contributed by atoms with van der Waals surface area (Å²) in [6, 6.07) is 12.8. The molecule has 0 saturated heterocycles. The van der Waals surface area contributed by atoms with Crippen LogP contribution in [0.2, 0.25) is 0 Å². The second-order valence-electron chi connectivity index (χ2n) is 5.02. The SMILES string of the molecule is COc1ccc(NC(=NCc2ccc(F)cc2)NS(C)(=O)=O)cc1. The van der Waals surface area contributed by atoms with E-state index in [1.165, 1.54) is 12.1 Å². The third-order valence-corrected chi connectivity index (χ3v) is 3.53. The quantitative estimate of drug-likeness (QED) is 0.640. The van der Waals surface area contributed by atoms with Crippen LogP contribution < -0.4 is 14.8 Å². The van der Waals surface area contributed by atoms with Crippen molar-refractivity contribution in [1.29, 1.82) is 0 Å². The molecule has 6 nitrogen and oxygen atoms in total. The molecule has 0 saturated carbocycles. The van der Waals surface area contributed by atoms with Crippen molar-refractivity contribution in [3.05, 3.63) is 59.9 Å². The lowest BCUT2D eigenvalue weighted by Crippen LogP contribution is -2.35. The van der Waals surface area contributed by atoms with Gasteiger partial charge in [-0.25, -0.2) is 17.8 Å². The van der Waals surface area contributed by atoms with Crippen molar-refractivity contribution in [3.63, 3.8) is 0 Å². The Morgan fingerprint density at radius 1 is 1.12 bits per heavy atom. The summed E-state index contributed by atoms with van der Waals surface area (Å²) < 4.78 is 43.3. The number of benzene rings is 2. The molecule has 0 heterocycles. The van der Waals surface area contributed by atoms with Gasteiger partial charge < -0.3 is 10.1 Å². The number of hydrogen-bond donors (Lipinski definition) is 2. The lowest BCUT2D eigenvalue weighted by Gasteiger charge is -2.11. The topological polar surface area (TPSA) is 79.8 Å². The highest BCUT2D eigenvalue weighted by Gasteiger charge is 2.07. The number of methoxy groups -OCH3 is 1. The number of nitrogens with zero attached hydrogens (tertiary/aromatic N) is 1. The Labute approximate surface area is 140 Å². The Morgan fingerprint density at radius 3 is 2.29 bits per heavy atom. The lowest BCUT2D eigenvalue weighted by molar-refractivity contribution is 0.415. The Bertz CT molecular complexity index is 803. The normalized spacial score (nSPS) is 11.9. The first kappa shape index (κ1) is 17.7. The molecule has 0 amide bonds. The average molecular weight is 351 g/mol. The molecule has 0 atom stereocenters. The summed E-state index contributed by atoms with van der Waals surface area (Å²) in [5.74, 6) is 0.419. The fourth-order valence-corrected chi connectivity index (χ4v) is 2.31. The van der Waals surface area contributed by atoms with Crippen LogP contribution in [0, 0.1) is 5.82 Å². The number of ether oxygens (including phenoxy) is 1. The summed E-state index contributed by atoms with van der Waals surface area (Å²) in [4.78, 5) is 4.21. The first-order valence-electron chi connectivity index (χ1n) is 7.03. The minimum absolute atomic E-state index is 0.0759. The first-order chi connectivity index (χ1) is 11.4. The van der Waals surface area contributed by atoms with Gasteiger partial charge in [0.25, 0.3) is 0 Å². The van der Waals surface area contributed by atoms with Gasteiger partial charge in [-0.2, -0.15) is 0 Å². The molecule has 0 bridgehead atoms. The number of rotatable bonds is 5. The number of sulfonamides is 1. The molecule has 2 aromatic carbocycles. The zero-order valence-corrected chi connectivity index (χ0v) is 14.1. The third kappa shape index (κ3) is 5.88. The van der Waals surface area contributed by atoms with Gasteiger partial charge in [0.15, 0.2) is 0 Å². The first-order valence-corrected chi connectivity index (χ1v) is 8.92. The van der Waals surface area contributed by atoms with E-state index >= 15 is 0 Å². The van der Waals surface area contributed by atoms with E-state index < -0.39 is 10.0 Å². The Balaban J connectivity index is 2.16. The van der Waals surface area contributed by atoms with Gasteiger partial charge in [0.05, 0.1) is 19.9 Å². The number of guanidine groups is 1. The minimum Gasteiger partial charge on any atom is -0.497 e. The zero-order valence-electron chi connectivity index (χ0n) is 13.3. The molecule has 0 aliphatic carbocycles. The molecule has 0 unspecified atom stereocenters. The molecule has 0 fully saturated rings. The number of aliphatic imine (C=N–C) groups is 1. The number of halogens is 1. The predicted molar refractivity (Wildman–Crippen MR) is 92.1 cm³/mol. The summed E-state index contributed by atoms with van der Waals surface area (Å²) in [6.45, 7) is 0.196. The second-order valence-corrected chi connectivity index (χ2v) is 6.77. The predicted octanol–water partition coefficient (Wildman–Crippen LogP) is 2.35. The second kappa shape index (κ2) is 7.78. The van der Waals surface area contributed by atoms with E-state index in [4.69, 9.17) is 4.74 Å². The summed E-state index contributed by atoms with van der Waals surface area (Å²) in [6.07, 6.45) is 1.04. The molecule has 0 radical (unpaired) electrons. The maximum atomic E-state index is 12.9. The average Bonchev–Trinajstić information content (AvgIpc) is 2.53. The molecule has 0 spiro atoms. The molecular weight excluding hydrogens is 333 g/mol. The lowest BCUT2D eigenvalue weighted by atomic mass is 10.2. The van der Waals surface area contributed by atoms with Crippen LogP contribution in [0.5, 0.6) is 5.75 Å². The van der Waals surface area contributed by atoms with Crippen molar-refractivity contribution >= 4 is 21.7 Å². The molecule has 0 aliphatic heterocycles. The highest BCUT2D eigenvalue weighted by Crippen LogP contribution is 2.15. The van der Waals surface area contributed by atoms with Crippen LogP contribution in [0.1, 0.15) is 5.56 Å². The third-order valence-electron chi connectivity index (χ3n) is 2.97. The summed E-state index contributed by atoms with van der Waals surface area (Å²) in [7, 11) is -1.94. The van der Waals surface area contributed by atoms with Crippen LogP contribution in [0.25, 0.3) is 0 Å². The molecular formula is C16H18FN3O3S. The Kier molecular flexibility index (Phi) is 5.75. The van der Waals surface area contributed by atoms with Crippen LogP contribution >= 0.6 is 0 Å². The monoisotopic (exact) mass is 351 g/mol. The maximum Gasteiger partial charge on any atom is 0.232 e. The van der Waals surface area contributed by atoms with Crippen molar-refractivity contribution in [3.8, 4) is 5.75 Å². The van der Waals surface area contributed by atoms with Crippen LogP contribution in [-0.2, 0) is 16.6 Å². The van der Waals surface area contributed by atoms with Gasteiger partial charge in [0.1, 0.15) is 11.6 Å². The summed E-state index contributed by atoms with van der Waals surface area (Å²) in [5, 5.41) is 2.90. The van der Waals surface area contributed by atoms with E-state index in [0.717, 1.165) is 11.8 Å². The molecule has 0 aromatic heterocycles. The minimum atomic E-state index is -3.50. The van der Waals surface area contributed by atoms with Gasteiger partial charge in [-0.3, -0.25) is 4.72 Å². The van der Waals surface area contributed by atoms with Crippen LogP contribution in [0.15, 0.2) is 53.5 Å². The number of anilines is 1. The highest BCUT2D eigenvalue weighted by molar-refractivity contribution is 7.89. The fraction of sp³-hybridized carbons (Fsp3) is 0.188. The van der Waals surface area contributed by atoms with Crippen molar-refractivity contribution in [2.45, 2.75) is 6.54 Å².